The van der Waals surface area contributed by atoms with Crippen LogP contribution in [0, 0.1) is 5.92 Å². The first-order chi connectivity index (χ1) is 8.29. The van der Waals surface area contributed by atoms with E-state index in [1.54, 1.807) is 7.11 Å². The Morgan fingerprint density at radius 3 is 3.06 bits per heavy atom. The lowest BCUT2D eigenvalue weighted by atomic mass is 10.1. The van der Waals surface area contributed by atoms with E-state index in [2.05, 4.69) is 5.32 Å². The fourth-order valence-electron chi connectivity index (χ4n) is 2.89. The Bertz CT molecular complexity index is 252. The van der Waals surface area contributed by atoms with E-state index in [0.29, 0.717) is 24.3 Å². The molecule has 0 radical (unpaired) electrons. The smallest absolute Gasteiger partial charge is 0.222 e. The van der Waals surface area contributed by atoms with E-state index in [1.807, 2.05) is 4.90 Å². The molecule has 2 heterocycles. The fourth-order valence-corrected chi connectivity index (χ4v) is 2.89. The molecule has 17 heavy (non-hydrogen) atoms. The minimum atomic E-state index is 0.331. The normalized spacial score (nSPS) is 28.9. The van der Waals surface area contributed by atoms with Crippen molar-refractivity contribution in [2.45, 2.75) is 38.1 Å². The molecule has 2 aliphatic rings. The quantitative estimate of drug-likeness (QED) is 0.780. The molecule has 0 aromatic rings. The van der Waals surface area contributed by atoms with Crippen LogP contribution >= 0.6 is 0 Å². The molecule has 1 amide bonds. The number of carbonyl (C=O) groups is 1. The average molecular weight is 240 g/mol. The van der Waals surface area contributed by atoms with E-state index in [-0.39, 0.29) is 0 Å². The second kappa shape index (κ2) is 6.36. The third-order valence-corrected chi connectivity index (χ3v) is 3.91. The highest BCUT2D eigenvalue weighted by atomic mass is 16.5. The number of hydrogen-bond donors (Lipinski definition) is 1. The Kier molecular flexibility index (Phi) is 4.80. The van der Waals surface area contributed by atoms with Crippen molar-refractivity contribution in [1.82, 2.24) is 10.2 Å². The minimum Gasteiger partial charge on any atom is -0.384 e. The monoisotopic (exact) mass is 240 g/mol. The maximum absolute atomic E-state index is 12.0. The number of ether oxygens (including phenoxy) is 1. The van der Waals surface area contributed by atoms with E-state index in [1.165, 1.54) is 12.8 Å². The Hall–Kier alpha value is -0.610. The van der Waals surface area contributed by atoms with Gasteiger partial charge in [-0.1, -0.05) is 0 Å². The van der Waals surface area contributed by atoms with Gasteiger partial charge in [-0.05, 0) is 32.2 Å². The van der Waals surface area contributed by atoms with Crippen molar-refractivity contribution >= 4 is 5.91 Å². The SMILES string of the molecule is COCC1CCN(C(=O)CCC2CCCN2)C1. The first-order valence-electron chi connectivity index (χ1n) is 6.79. The van der Waals surface area contributed by atoms with Crippen molar-refractivity contribution in [2.24, 2.45) is 5.92 Å². The molecular weight excluding hydrogens is 216 g/mol. The largest absolute Gasteiger partial charge is 0.384 e. The van der Waals surface area contributed by atoms with Gasteiger partial charge in [0.15, 0.2) is 0 Å². The molecule has 0 saturated carbocycles. The standard InChI is InChI=1S/C13H24N2O2/c1-17-10-11-6-8-15(9-11)13(16)5-4-12-3-2-7-14-12/h11-12,14H,2-10H2,1H3. The Labute approximate surface area is 104 Å². The zero-order chi connectivity index (χ0) is 12.1. The molecule has 2 aliphatic heterocycles. The summed E-state index contributed by atoms with van der Waals surface area (Å²) in [6, 6.07) is 0.580. The molecule has 2 fully saturated rings. The van der Waals surface area contributed by atoms with Crippen LogP contribution in [0.15, 0.2) is 0 Å². The lowest BCUT2D eigenvalue weighted by Crippen LogP contribution is -2.31. The van der Waals surface area contributed by atoms with Crippen LogP contribution in [0.4, 0.5) is 0 Å². The third kappa shape index (κ3) is 3.68. The van der Waals surface area contributed by atoms with Crippen molar-refractivity contribution in [3.63, 3.8) is 0 Å². The lowest BCUT2D eigenvalue weighted by molar-refractivity contribution is -0.130. The van der Waals surface area contributed by atoms with E-state index >= 15 is 0 Å². The third-order valence-electron chi connectivity index (χ3n) is 3.91. The van der Waals surface area contributed by atoms with Gasteiger partial charge in [0.2, 0.25) is 5.91 Å². The summed E-state index contributed by atoms with van der Waals surface area (Å²) in [5, 5.41) is 3.44. The van der Waals surface area contributed by atoms with Crippen molar-refractivity contribution in [2.75, 3.05) is 33.4 Å². The van der Waals surface area contributed by atoms with Crippen molar-refractivity contribution < 1.29 is 9.53 Å². The zero-order valence-corrected chi connectivity index (χ0v) is 10.8. The molecule has 0 aliphatic carbocycles. The predicted octanol–water partition coefficient (Wildman–Crippen LogP) is 1.01. The van der Waals surface area contributed by atoms with Crippen LogP contribution in [0.1, 0.15) is 32.1 Å². The molecule has 0 spiro atoms. The van der Waals surface area contributed by atoms with Crippen LogP contribution in [0.25, 0.3) is 0 Å². The molecular formula is C13H24N2O2. The number of carbonyl (C=O) groups excluding carboxylic acids is 1. The summed E-state index contributed by atoms with van der Waals surface area (Å²) in [6.45, 7) is 3.72. The second-order valence-corrected chi connectivity index (χ2v) is 5.28. The molecule has 2 saturated heterocycles. The van der Waals surface area contributed by atoms with E-state index in [9.17, 15) is 4.79 Å². The molecule has 4 heteroatoms. The van der Waals surface area contributed by atoms with Gasteiger partial charge in [-0.15, -0.1) is 0 Å². The number of amides is 1. The number of rotatable bonds is 5. The van der Waals surface area contributed by atoms with E-state index in [4.69, 9.17) is 4.74 Å². The molecule has 0 bridgehead atoms. The number of nitrogens with zero attached hydrogens (tertiary/aromatic N) is 1. The van der Waals surface area contributed by atoms with Gasteiger partial charge in [0.1, 0.15) is 0 Å². The Morgan fingerprint density at radius 2 is 2.35 bits per heavy atom. The van der Waals surface area contributed by atoms with Crippen LogP contribution in [0.2, 0.25) is 0 Å². The fraction of sp³-hybridized carbons (Fsp3) is 0.923. The molecule has 2 rings (SSSR count). The molecule has 2 unspecified atom stereocenters. The molecule has 2 atom stereocenters. The summed E-state index contributed by atoms with van der Waals surface area (Å²) in [5.74, 6) is 0.880. The summed E-state index contributed by atoms with van der Waals surface area (Å²) in [5.41, 5.74) is 0. The first kappa shape index (κ1) is 12.8. The van der Waals surface area contributed by atoms with Crippen LogP contribution < -0.4 is 5.32 Å². The van der Waals surface area contributed by atoms with Crippen LogP contribution in [-0.4, -0.2) is 50.2 Å². The summed E-state index contributed by atoms with van der Waals surface area (Å²) >= 11 is 0. The van der Waals surface area contributed by atoms with Crippen molar-refractivity contribution in [1.29, 1.82) is 0 Å². The molecule has 0 aromatic heterocycles. The van der Waals surface area contributed by atoms with Gasteiger partial charge < -0.3 is 15.0 Å². The molecule has 4 nitrogen and oxygen atoms in total. The Morgan fingerprint density at radius 1 is 1.47 bits per heavy atom. The van der Waals surface area contributed by atoms with Gasteiger partial charge in [-0.25, -0.2) is 0 Å². The highest BCUT2D eigenvalue weighted by molar-refractivity contribution is 5.76. The summed E-state index contributed by atoms with van der Waals surface area (Å²) in [4.78, 5) is 14.0. The molecule has 98 valence electrons. The van der Waals surface area contributed by atoms with Crippen LogP contribution in [-0.2, 0) is 9.53 Å². The summed E-state index contributed by atoms with van der Waals surface area (Å²) < 4.78 is 5.15. The van der Waals surface area contributed by atoms with Gasteiger partial charge in [0.25, 0.3) is 0 Å². The minimum absolute atomic E-state index is 0.331. The topological polar surface area (TPSA) is 41.6 Å². The van der Waals surface area contributed by atoms with Gasteiger partial charge in [0.05, 0.1) is 6.61 Å². The summed E-state index contributed by atoms with van der Waals surface area (Å²) in [6.07, 6.45) is 5.31. The van der Waals surface area contributed by atoms with Crippen molar-refractivity contribution in [3.8, 4) is 0 Å². The van der Waals surface area contributed by atoms with E-state index in [0.717, 1.165) is 39.1 Å². The highest BCUT2D eigenvalue weighted by Gasteiger charge is 2.26. The first-order valence-corrected chi connectivity index (χ1v) is 6.79. The van der Waals surface area contributed by atoms with Crippen LogP contribution in [0.3, 0.4) is 0 Å². The van der Waals surface area contributed by atoms with Crippen molar-refractivity contribution in [3.05, 3.63) is 0 Å². The molecule has 0 aromatic carbocycles. The average Bonchev–Trinajstić information content (AvgIpc) is 2.97. The summed E-state index contributed by atoms with van der Waals surface area (Å²) in [7, 11) is 1.73. The van der Waals surface area contributed by atoms with Gasteiger partial charge in [0, 0.05) is 38.6 Å². The maximum Gasteiger partial charge on any atom is 0.222 e. The predicted molar refractivity (Wildman–Crippen MR) is 66.8 cm³/mol. The lowest BCUT2D eigenvalue weighted by Gasteiger charge is -2.17. The second-order valence-electron chi connectivity index (χ2n) is 5.28. The number of likely N-dealkylation sites (tertiary alicyclic amines) is 1. The van der Waals surface area contributed by atoms with Gasteiger partial charge in [-0.2, -0.15) is 0 Å². The molecule has 1 N–H and O–H groups in total. The maximum atomic E-state index is 12.0. The van der Waals surface area contributed by atoms with Gasteiger partial charge >= 0.3 is 0 Å². The number of methoxy groups -OCH3 is 1. The number of nitrogens with one attached hydrogen (secondary N) is 1. The number of hydrogen-bond acceptors (Lipinski definition) is 3. The Balaban J connectivity index is 1.66. The van der Waals surface area contributed by atoms with Crippen LogP contribution in [0.5, 0.6) is 0 Å². The highest BCUT2D eigenvalue weighted by Crippen LogP contribution is 2.18. The zero-order valence-electron chi connectivity index (χ0n) is 10.8. The van der Waals surface area contributed by atoms with E-state index < -0.39 is 0 Å². The van der Waals surface area contributed by atoms with Gasteiger partial charge in [-0.3, -0.25) is 4.79 Å².